The number of nitrogens with one attached hydrogen (secondary N) is 2. The van der Waals surface area contributed by atoms with E-state index in [2.05, 4.69) is 26.3 Å². The van der Waals surface area contributed by atoms with E-state index in [1.54, 1.807) is 0 Å². The van der Waals surface area contributed by atoms with Crippen LogP contribution in [0.15, 0.2) is 42.7 Å². The lowest BCUT2D eigenvalue weighted by molar-refractivity contribution is 0.0838. The minimum Gasteiger partial charge on any atom is -0.376 e. The molecule has 2 aromatic rings. The molecule has 0 radical (unpaired) electrons. The molecule has 5 nitrogen and oxygen atoms in total. The molecule has 6 heteroatoms. The average Bonchev–Trinajstić information content (AvgIpc) is 3.31. The number of thiocarbonyl (C=S) groups is 1. The quantitative estimate of drug-likeness (QED) is 0.845. The van der Waals surface area contributed by atoms with Crippen LogP contribution < -0.4 is 5.32 Å². The van der Waals surface area contributed by atoms with Crippen LogP contribution in [0.25, 0.3) is 0 Å². The Morgan fingerprint density at radius 2 is 2.26 bits per heavy atom. The minimum absolute atomic E-state index is 0.0451. The summed E-state index contributed by atoms with van der Waals surface area (Å²) >= 11 is 5.62. The van der Waals surface area contributed by atoms with Crippen LogP contribution in [0.1, 0.15) is 36.3 Å². The van der Waals surface area contributed by atoms with Crippen LogP contribution in [-0.2, 0) is 4.74 Å². The SMILES string of the molecule is S=C1N[C@@H](c2ccccn2)[C@@H](c2ccc[nH]2)N1C[C@@H]1CCCO1. The minimum atomic E-state index is 0.0451. The second-order valence-corrected chi connectivity index (χ2v) is 6.43. The van der Waals surface area contributed by atoms with Gasteiger partial charge >= 0.3 is 0 Å². The van der Waals surface area contributed by atoms with Crippen molar-refractivity contribution in [3.8, 4) is 0 Å². The van der Waals surface area contributed by atoms with Crippen LogP contribution in [0.5, 0.6) is 0 Å². The first kappa shape index (κ1) is 14.7. The maximum Gasteiger partial charge on any atom is 0.170 e. The predicted octanol–water partition coefficient (Wildman–Crippen LogP) is 2.56. The van der Waals surface area contributed by atoms with Crippen molar-refractivity contribution in [1.29, 1.82) is 0 Å². The Hall–Kier alpha value is -1.92. The number of rotatable bonds is 4. The van der Waals surface area contributed by atoms with E-state index >= 15 is 0 Å². The van der Waals surface area contributed by atoms with Gasteiger partial charge in [-0.15, -0.1) is 0 Å². The van der Waals surface area contributed by atoms with Crippen LogP contribution in [-0.4, -0.2) is 39.2 Å². The Morgan fingerprint density at radius 1 is 1.30 bits per heavy atom. The molecule has 2 N–H and O–H groups in total. The largest absolute Gasteiger partial charge is 0.376 e. The topological polar surface area (TPSA) is 53.2 Å². The van der Waals surface area contributed by atoms with Crippen molar-refractivity contribution in [2.45, 2.75) is 31.0 Å². The molecular formula is C17H20N4OS. The third-order valence-corrected chi connectivity index (χ3v) is 4.92. The molecule has 0 aromatic carbocycles. The van der Waals surface area contributed by atoms with E-state index in [1.807, 2.05) is 36.7 Å². The van der Waals surface area contributed by atoms with Gasteiger partial charge in [-0.25, -0.2) is 0 Å². The lowest BCUT2D eigenvalue weighted by Gasteiger charge is -2.28. The van der Waals surface area contributed by atoms with Gasteiger partial charge in [0.2, 0.25) is 0 Å². The van der Waals surface area contributed by atoms with Gasteiger partial charge in [0.25, 0.3) is 0 Å². The number of H-pyrrole nitrogens is 1. The molecule has 3 atom stereocenters. The fourth-order valence-electron chi connectivity index (χ4n) is 3.48. The number of pyridine rings is 1. The van der Waals surface area contributed by atoms with Crippen molar-refractivity contribution < 1.29 is 4.74 Å². The van der Waals surface area contributed by atoms with Crippen LogP contribution in [0.4, 0.5) is 0 Å². The number of hydrogen-bond acceptors (Lipinski definition) is 3. The van der Waals surface area contributed by atoms with Gasteiger partial charge in [0.05, 0.1) is 23.9 Å². The first-order valence-electron chi connectivity index (χ1n) is 8.06. The highest BCUT2D eigenvalue weighted by Crippen LogP contribution is 2.38. The fraction of sp³-hybridized carbons (Fsp3) is 0.412. The Bertz CT molecular complexity index is 654. The van der Waals surface area contributed by atoms with Crippen LogP contribution in [0, 0.1) is 0 Å². The van der Waals surface area contributed by atoms with Gasteiger partial charge < -0.3 is 19.9 Å². The molecule has 0 unspecified atom stereocenters. The summed E-state index contributed by atoms with van der Waals surface area (Å²) in [5.74, 6) is 0. The van der Waals surface area contributed by atoms with Crippen molar-refractivity contribution in [3.05, 3.63) is 54.1 Å². The first-order chi connectivity index (χ1) is 11.3. The summed E-state index contributed by atoms with van der Waals surface area (Å²) in [4.78, 5) is 10.1. The van der Waals surface area contributed by atoms with Crippen molar-refractivity contribution in [2.75, 3.05) is 13.2 Å². The van der Waals surface area contributed by atoms with Gasteiger partial charge in [-0.05, 0) is 49.3 Å². The zero-order valence-electron chi connectivity index (χ0n) is 12.8. The van der Waals surface area contributed by atoms with Crippen LogP contribution in [0.3, 0.4) is 0 Å². The molecule has 120 valence electrons. The average molecular weight is 328 g/mol. The monoisotopic (exact) mass is 328 g/mol. The van der Waals surface area contributed by atoms with E-state index in [4.69, 9.17) is 17.0 Å². The van der Waals surface area contributed by atoms with Gasteiger partial charge in [0.15, 0.2) is 5.11 Å². The molecule has 0 aliphatic carbocycles. The molecule has 0 bridgehead atoms. The number of nitrogens with zero attached hydrogens (tertiary/aromatic N) is 2. The molecule has 0 amide bonds. The Labute approximate surface area is 141 Å². The normalized spacial score (nSPS) is 27.4. The van der Waals surface area contributed by atoms with Gasteiger partial charge in [-0.3, -0.25) is 4.98 Å². The molecule has 4 heterocycles. The summed E-state index contributed by atoms with van der Waals surface area (Å²) in [6, 6.07) is 10.3. The lowest BCUT2D eigenvalue weighted by Crippen LogP contribution is -2.36. The fourth-order valence-corrected chi connectivity index (χ4v) is 3.79. The van der Waals surface area contributed by atoms with E-state index in [1.165, 1.54) is 0 Å². The number of aromatic amines is 1. The Balaban J connectivity index is 1.66. The zero-order chi connectivity index (χ0) is 15.6. The maximum atomic E-state index is 5.81. The molecular weight excluding hydrogens is 308 g/mol. The summed E-state index contributed by atoms with van der Waals surface area (Å²) in [5.41, 5.74) is 2.15. The predicted molar refractivity (Wildman–Crippen MR) is 91.9 cm³/mol. The van der Waals surface area contributed by atoms with Gasteiger partial charge in [0, 0.05) is 31.2 Å². The molecule has 4 rings (SSSR count). The second-order valence-electron chi connectivity index (χ2n) is 6.04. The van der Waals surface area contributed by atoms with Crippen molar-refractivity contribution in [3.63, 3.8) is 0 Å². The summed E-state index contributed by atoms with van der Waals surface area (Å²) < 4.78 is 5.81. The third-order valence-electron chi connectivity index (χ3n) is 4.56. The van der Waals surface area contributed by atoms with E-state index in [0.717, 1.165) is 42.5 Å². The second kappa shape index (κ2) is 6.29. The van der Waals surface area contributed by atoms with E-state index < -0.39 is 0 Å². The van der Waals surface area contributed by atoms with Gasteiger partial charge in [0.1, 0.15) is 0 Å². The van der Waals surface area contributed by atoms with Crippen molar-refractivity contribution in [1.82, 2.24) is 20.2 Å². The summed E-state index contributed by atoms with van der Waals surface area (Å²) in [6.07, 6.45) is 6.28. The van der Waals surface area contributed by atoms with E-state index in [0.29, 0.717) is 0 Å². The Morgan fingerprint density at radius 3 is 2.96 bits per heavy atom. The van der Waals surface area contributed by atoms with Gasteiger partial charge in [-0.2, -0.15) is 0 Å². The molecule has 0 saturated carbocycles. The molecule has 2 aliphatic rings. The van der Waals surface area contributed by atoms with Gasteiger partial charge in [-0.1, -0.05) is 6.07 Å². The highest BCUT2D eigenvalue weighted by Gasteiger charge is 2.41. The highest BCUT2D eigenvalue weighted by atomic mass is 32.1. The molecule has 2 fully saturated rings. The molecule has 23 heavy (non-hydrogen) atoms. The molecule has 2 aliphatic heterocycles. The highest BCUT2D eigenvalue weighted by molar-refractivity contribution is 7.80. The summed E-state index contributed by atoms with van der Waals surface area (Å²) in [5, 5.41) is 4.23. The number of aromatic nitrogens is 2. The molecule has 2 aromatic heterocycles. The number of ether oxygens (including phenoxy) is 1. The van der Waals surface area contributed by atoms with Crippen LogP contribution >= 0.6 is 12.2 Å². The lowest BCUT2D eigenvalue weighted by atomic mass is 10.0. The third kappa shape index (κ3) is 2.84. The smallest absolute Gasteiger partial charge is 0.170 e. The first-order valence-corrected chi connectivity index (χ1v) is 8.47. The van der Waals surface area contributed by atoms with E-state index in [9.17, 15) is 0 Å². The summed E-state index contributed by atoms with van der Waals surface area (Å²) in [6.45, 7) is 1.67. The van der Waals surface area contributed by atoms with Crippen molar-refractivity contribution in [2.24, 2.45) is 0 Å². The zero-order valence-corrected chi connectivity index (χ0v) is 13.6. The van der Waals surface area contributed by atoms with E-state index in [-0.39, 0.29) is 18.2 Å². The number of hydrogen-bond donors (Lipinski definition) is 2. The standard InChI is InChI=1S/C17H20N4OS/c23-17-20-15(13-6-1-2-8-18-13)16(14-7-3-9-19-14)21(17)11-12-5-4-10-22-12/h1-3,6-9,12,15-16,19H,4-5,10-11H2,(H,20,23)/t12-,15-,16+/m0/s1. The van der Waals surface area contributed by atoms with Crippen LogP contribution in [0.2, 0.25) is 0 Å². The summed E-state index contributed by atoms with van der Waals surface area (Å²) in [7, 11) is 0. The molecule has 0 spiro atoms. The molecule has 2 saturated heterocycles. The Kier molecular flexibility index (Phi) is 4.01. The maximum absolute atomic E-state index is 5.81. The van der Waals surface area contributed by atoms with Crippen molar-refractivity contribution >= 4 is 17.3 Å².